The number of rotatable bonds is 9. The Balaban J connectivity index is -0.000000116. The van der Waals surface area contributed by atoms with E-state index in [-0.39, 0.29) is 17.3 Å². The molecule has 0 aliphatic carbocycles. The number of carboxylic acids is 3. The summed E-state index contributed by atoms with van der Waals surface area (Å²) in [6.07, 6.45) is 8.71. The minimum atomic E-state index is -0.881. The first-order chi connectivity index (χ1) is 11.2. The first-order valence-corrected chi connectivity index (χ1v) is 11.3. The van der Waals surface area contributed by atoms with Crippen LogP contribution >= 0.6 is 37.9 Å². The second-order valence-corrected chi connectivity index (χ2v) is 6.55. The van der Waals surface area contributed by atoms with E-state index in [4.69, 9.17) is 15.3 Å². The number of aliphatic carboxylic acids is 3. The van der Waals surface area contributed by atoms with Crippen molar-refractivity contribution >= 4 is 78.3 Å². The molecule has 0 amide bonds. The first kappa shape index (κ1) is 32.0. The fourth-order valence-corrected chi connectivity index (χ4v) is 1.62. The molecule has 3 N–H and O–H groups in total. The van der Waals surface area contributed by atoms with Crippen LogP contribution in [0.15, 0.2) is 0 Å². The van der Waals surface area contributed by atoms with Gasteiger partial charge in [-0.2, -0.15) is 37.9 Å². The number of thiol groups is 3. The minimum absolute atomic E-state index is 0.0833. The normalized spacial score (nSPS) is 8.38. The zero-order chi connectivity index (χ0) is 19.8. The number of carboxylic acid groups (broad SMARTS) is 3. The van der Waals surface area contributed by atoms with Crippen molar-refractivity contribution in [2.45, 2.75) is 49.9 Å². The molecule has 143 valence electrons. The van der Waals surface area contributed by atoms with E-state index in [9.17, 15) is 14.4 Å². The van der Waals surface area contributed by atoms with Gasteiger partial charge in [-0.1, -0.05) is 0 Å². The van der Waals surface area contributed by atoms with E-state index >= 15 is 0 Å². The third-order valence-electron chi connectivity index (χ3n) is 1.94. The van der Waals surface area contributed by atoms with E-state index in [1.165, 1.54) is 43.0 Å². The van der Waals surface area contributed by atoms with Crippen LogP contribution in [0.3, 0.4) is 0 Å². The Morgan fingerprint density at radius 3 is 1.17 bits per heavy atom. The van der Waals surface area contributed by atoms with Crippen LogP contribution in [0.1, 0.15) is 45.4 Å². The van der Waals surface area contributed by atoms with Gasteiger partial charge >= 0.3 is 90.3 Å². The van der Waals surface area contributed by atoms with Gasteiger partial charge in [0.1, 0.15) is 0 Å². The smallest absolute Gasteiger partial charge is 0.313 e. The summed E-state index contributed by atoms with van der Waals surface area (Å²) in [6, 6.07) is 0. The van der Waals surface area contributed by atoms with Crippen LogP contribution in [0.25, 0.3) is 0 Å². The largest absolute Gasteiger partial charge is 0.481 e. The van der Waals surface area contributed by atoms with Gasteiger partial charge in [-0.05, 0) is 0 Å². The molecule has 0 spiro atoms. The van der Waals surface area contributed by atoms with Crippen LogP contribution in [0.2, 0.25) is 4.44 Å². The van der Waals surface area contributed by atoms with Gasteiger partial charge in [-0.15, -0.1) is 0 Å². The van der Waals surface area contributed by atoms with E-state index in [1.807, 2.05) is 0 Å². The molecule has 0 aromatic rings. The first-order valence-electron chi connectivity index (χ1n) is 7.35. The van der Waals surface area contributed by atoms with Crippen LogP contribution in [0.4, 0.5) is 0 Å². The molecule has 3 radical (unpaired) electrons. The Labute approximate surface area is 174 Å². The van der Waals surface area contributed by atoms with Gasteiger partial charge in [0.2, 0.25) is 0 Å². The second-order valence-electron chi connectivity index (χ2n) is 4.17. The molecule has 24 heavy (non-hydrogen) atoms. The number of hydrogen-bond acceptors (Lipinski definition) is 6. The van der Waals surface area contributed by atoms with Crippen LogP contribution in [0.5, 0.6) is 0 Å². The molecule has 0 aliphatic rings. The Hall–Kier alpha value is 0.259. The predicted octanol–water partition coefficient (Wildman–Crippen LogP) is 2.94. The summed E-state index contributed by atoms with van der Waals surface area (Å²) < 4.78 is 1.46. The van der Waals surface area contributed by atoms with Crippen LogP contribution in [0, 0.1) is 0 Å². The molecule has 0 saturated carbocycles. The standard InChI is InChI=1S/C8H17.3C2H4O2S.Sn/c1-3-5-7-8-6-4-2;3*3-2(4)1-5;/h1,3-8H2,2H3;3*5H,1H2,(H,3,4);. The van der Waals surface area contributed by atoms with Crippen molar-refractivity contribution in [2.75, 3.05) is 17.3 Å². The number of hydrogen-bond donors (Lipinski definition) is 6. The Morgan fingerprint density at radius 1 is 0.708 bits per heavy atom. The molecule has 0 atom stereocenters. The molecule has 0 aromatic carbocycles. The van der Waals surface area contributed by atoms with Crippen LogP contribution in [-0.4, -0.2) is 73.0 Å². The number of carbonyl (C=O) groups is 3. The minimum Gasteiger partial charge on any atom is -0.481 e. The summed E-state index contributed by atoms with van der Waals surface area (Å²) in [5, 5.41) is 22.9. The number of unbranched alkanes of at least 4 members (excludes halogenated alkanes) is 5. The zero-order valence-corrected chi connectivity index (χ0v) is 19.5. The van der Waals surface area contributed by atoms with E-state index in [0.717, 1.165) is 0 Å². The Kier molecular flexibility index (Phi) is 41.4. The molecule has 0 bridgehead atoms. The molecule has 10 heteroatoms. The van der Waals surface area contributed by atoms with E-state index < -0.39 is 17.9 Å². The topological polar surface area (TPSA) is 112 Å². The Bertz CT molecular complexity index is 254. The predicted molar refractivity (Wildman–Crippen MR) is 108 cm³/mol. The van der Waals surface area contributed by atoms with Gasteiger partial charge in [0.05, 0.1) is 17.3 Å². The summed E-state index contributed by atoms with van der Waals surface area (Å²) >= 11 is 12.0. The molecular formula is C14H29O6S3Sn. The second kappa shape index (κ2) is 31.1. The fourth-order valence-electron chi connectivity index (χ4n) is 0.905. The summed E-state index contributed by atoms with van der Waals surface area (Å²) in [5.74, 6) is -2.89. The van der Waals surface area contributed by atoms with E-state index in [2.05, 4.69) is 44.8 Å². The average Bonchev–Trinajstić information content (AvgIpc) is 2.56. The van der Waals surface area contributed by atoms with Crippen molar-refractivity contribution in [3.63, 3.8) is 0 Å². The van der Waals surface area contributed by atoms with Crippen LogP contribution < -0.4 is 0 Å². The third kappa shape index (κ3) is 66.9. The van der Waals surface area contributed by atoms with E-state index in [1.54, 1.807) is 22.5 Å². The van der Waals surface area contributed by atoms with Gasteiger partial charge in [-0.3, -0.25) is 14.4 Å². The van der Waals surface area contributed by atoms with Crippen molar-refractivity contribution in [3.05, 3.63) is 0 Å². The van der Waals surface area contributed by atoms with Crippen molar-refractivity contribution in [3.8, 4) is 0 Å². The summed E-state index contributed by atoms with van der Waals surface area (Å²) in [5.41, 5.74) is 0. The molecule has 6 nitrogen and oxygen atoms in total. The average molecular weight is 508 g/mol. The molecule has 0 aromatic heterocycles. The molecule has 0 aliphatic heterocycles. The van der Waals surface area contributed by atoms with Gasteiger partial charge in [0.15, 0.2) is 0 Å². The monoisotopic (exact) mass is 509 g/mol. The van der Waals surface area contributed by atoms with Gasteiger partial charge in [-0.25, -0.2) is 0 Å². The van der Waals surface area contributed by atoms with Crippen molar-refractivity contribution in [1.29, 1.82) is 0 Å². The van der Waals surface area contributed by atoms with Crippen LogP contribution in [-0.2, 0) is 14.4 Å². The van der Waals surface area contributed by atoms with Gasteiger partial charge < -0.3 is 15.3 Å². The van der Waals surface area contributed by atoms with Gasteiger partial charge in [0, 0.05) is 0 Å². The molecular weight excluding hydrogens is 479 g/mol. The maximum Gasteiger partial charge on any atom is 0.313 e. The molecule has 0 unspecified atom stereocenters. The SMILES string of the molecule is CCCCCCC[CH2][Sn].O=C(O)CS.O=C(O)CS.O=C(O)CS. The molecule has 0 heterocycles. The third-order valence-corrected chi connectivity index (χ3v) is 3.76. The maximum absolute atomic E-state index is 9.29. The maximum atomic E-state index is 9.29. The van der Waals surface area contributed by atoms with Crippen molar-refractivity contribution in [1.82, 2.24) is 0 Å². The fraction of sp³-hybridized carbons (Fsp3) is 0.786. The quantitative estimate of drug-likeness (QED) is 0.162. The molecule has 0 saturated heterocycles. The summed E-state index contributed by atoms with van der Waals surface area (Å²) in [4.78, 5) is 27.9. The van der Waals surface area contributed by atoms with Crippen molar-refractivity contribution < 1.29 is 29.7 Å². The Morgan fingerprint density at radius 2 is 0.958 bits per heavy atom. The van der Waals surface area contributed by atoms with Gasteiger partial charge in [0.25, 0.3) is 0 Å². The van der Waals surface area contributed by atoms with E-state index in [0.29, 0.717) is 0 Å². The summed E-state index contributed by atoms with van der Waals surface area (Å²) in [6.45, 7) is 2.27. The molecule has 0 rings (SSSR count). The van der Waals surface area contributed by atoms with Crippen molar-refractivity contribution in [2.24, 2.45) is 0 Å². The summed E-state index contributed by atoms with van der Waals surface area (Å²) in [7, 11) is 0. The zero-order valence-electron chi connectivity index (χ0n) is 14.0. The molecule has 0 fully saturated rings.